The summed E-state index contributed by atoms with van der Waals surface area (Å²) in [7, 11) is 4.36. The molecule has 1 N–H and O–H groups in total. The highest BCUT2D eigenvalue weighted by Crippen LogP contribution is 2.38. The molecule has 7 nitrogen and oxygen atoms in total. The van der Waals surface area contributed by atoms with Crippen molar-refractivity contribution in [3.8, 4) is 23.3 Å². The van der Waals surface area contributed by atoms with Gasteiger partial charge in [0.2, 0.25) is 17.2 Å². The first-order valence-electron chi connectivity index (χ1n) is 7.69. The van der Waals surface area contributed by atoms with E-state index in [1.807, 2.05) is 25.1 Å². The van der Waals surface area contributed by atoms with Gasteiger partial charge in [-0.15, -0.1) is 0 Å². The number of anilines is 1. The molecule has 2 aromatic rings. The van der Waals surface area contributed by atoms with Gasteiger partial charge < -0.3 is 14.2 Å². The van der Waals surface area contributed by atoms with Gasteiger partial charge in [0.1, 0.15) is 6.07 Å². The molecule has 0 aliphatic heterocycles. The van der Waals surface area contributed by atoms with Crippen molar-refractivity contribution < 1.29 is 19.0 Å². The van der Waals surface area contributed by atoms with Crippen LogP contribution in [0.3, 0.4) is 0 Å². The molecule has 0 heterocycles. The number of aryl methyl sites for hydroxylation is 1. The Hall–Kier alpha value is -3.53. The number of Topliss-reactive ketones (excluding diaryl/α,β-unsaturated/α-hetero) is 1. The van der Waals surface area contributed by atoms with Gasteiger partial charge in [0.25, 0.3) is 0 Å². The highest BCUT2D eigenvalue weighted by atomic mass is 16.5. The van der Waals surface area contributed by atoms with Crippen LogP contribution in [0.5, 0.6) is 17.2 Å². The molecule has 0 atom stereocenters. The Labute approximate surface area is 151 Å². The van der Waals surface area contributed by atoms with Crippen LogP contribution in [0.4, 0.5) is 5.69 Å². The van der Waals surface area contributed by atoms with Crippen LogP contribution in [-0.2, 0) is 0 Å². The molecule has 26 heavy (non-hydrogen) atoms. The highest BCUT2D eigenvalue weighted by molar-refractivity contribution is 6.51. The lowest BCUT2D eigenvalue weighted by Crippen LogP contribution is -2.15. The van der Waals surface area contributed by atoms with E-state index >= 15 is 0 Å². The SMILES string of the molecule is COc1cc(C(=O)/C(C#N)=N/Nc2ccc(C)cc2)cc(OC)c1OC. The van der Waals surface area contributed by atoms with Crippen LogP contribution in [0.1, 0.15) is 15.9 Å². The molecule has 2 aromatic carbocycles. The molecule has 2 rings (SSSR count). The zero-order valence-corrected chi connectivity index (χ0v) is 15.0. The largest absolute Gasteiger partial charge is 0.493 e. The fraction of sp³-hybridized carbons (Fsp3) is 0.211. The molecule has 0 aromatic heterocycles. The van der Waals surface area contributed by atoms with Crippen LogP contribution in [0.15, 0.2) is 41.5 Å². The number of ketones is 1. The van der Waals surface area contributed by atoms with Crippen LogP contribution in [0.25, 0.3) is 0 Å². The van der Waals surface area contributed by atoms with E-state index in [2.05, 4.69) is 10.5 Å². The summed E-state index contributed by atoms with van der Waals surface area (Å²) >= 11 is 0. The zero-order valence-electron chi connectivity index (χ0n) is 15.0. The second kappa shape index (κ2) is 8.53. The van der Waals surface area contributed by atoms with E-state index in [4.69, 9.17) is 14.2 Å². The number of ether oxygens (including phenoxy) is 3. The fourth-order valence-corrected chi connectivity index (χ4v) is 2.22. The monoisotopic (exact) mass is 353 g/mol. The summed E-state index contributed by atoms with van der Waals surface area (Å²) in [5.74, 6) is 0.434. The molecule has 0 aliphatic carbocycles. The predicted octanol–water partition coefficient (Wildman–Crippen LogP) is 3.20. The van der Waals surface area contributed by atoms with Gasteiger partial charge in [0.15, 0.2) is 11.5 Å². The van der Waals surface area contributed by atoms with E-state index in [0.29, 0.717) is 22.9 Å². The Bertz CT molecular complexity index is 842. The Kier molecular flexibility index (Phi) is 6.17. The average molecular weight is 353 g/mol. The predicted molar refractivity (Wildman–Crippen MR) is 98.3 cm³/mol. The third-order valence-electron chi connectivity index (χ3n) is 3.60. The number of benzene rings is 2. The number of nitrogens with zero attached hydrogens (tertiary/aromatic N) is 2. The molecule has 0 amide bonds. The summed E-state index contributed by atoms with van der Waals surface area (Å²) in [6.45, 7) is 1.96. The third kappa shape index (κ3) is 4.11. The van der Waals surface area contributed by atoms with Gasteiger partial charge in [0.05, 0.1) is 27.0 Å². The average Bonchev–Trinajstić information content (AvgIpc) is 2.68. The lowest BCUT2D eigenvalue weighted by molar-refractivity contribution is 0.106. The van der Waals surface area contributed by atoms with Crippen molar-refractivity contribution in [3.05, 3.63) is 47.5 Å². The molecule has 0 saturated carbocycles. The summed E-state index contributed by atoms with van der Waals surface area (Å²) in [6, 6.07) is 12.2. The van der Waals surface area contributed by atoms with Crippen LogP contribution in [0.2, 0.25) is 0 Å². The van der Waals surface area contributed by atoms with Crippen LogP contribution in [-0.4, -0.2) is 32.8 Å². The van der Waals surface area contributed by atoms with Crippen molar-refractivity contribution in [1.82, 2.24) is 0 Å². The Morgan fingerprint density at radius 2 is 1.62 bits per heavy atom. The summed E-state index contributed by atoms with van der Waals surface area (Å²) in [4.78, 5) is 12.6. The molecular formula is C19H19N3O4. The van der Waals surface area contributed by atoms with Gasteiger partial charge in [0, 0.05) is 5.56 Å². The van der Waals surface area contributed by atoms with E-state index in [9.17, 15) is 10.1 Å². The molecule has 0 fully saturated rings. The van der Waals surface area contributed by atoms with Crippen molar-refractivity contribution in [3.63, 3.8) is 0 Å². The molecule has 0 saturated heterocycles. The number of nitriles is 1. The van der Waals surface area contributed by atoms with E-state index in [1.54, 1.807) is 12.1 Å². The molecule has 7 heteroatoms. The van der Waals surface area contributed by atoms with Gasteiger partial charge in [-0.1, -0.05) is 17.7 Å². The maximum Gasteiger partial charge on any atom is 0.224 e. The van der Waals surface area contributed by atoms with Gasteiger partial charge in [-0.2, -0.15) is 10.4 Å². The second-order valence-electron chi connectivity index (χ2n) is 5.29. The van der Waals surface area contributed by atoms with Crippen LogP contribution >= 0.6 is 0 Å². The minimum Gasteiger partial charge on any atom is -0.493 e. The minimum atomic E-state index is -0.564. The first-order valence-corrected chi connectivity index (χ1v) is 7.69. The zero-order chi connectivity index (χ0) is 19.1. The molecule has 0 aliphatic rings. The number of hydrogen-bond acceptors (Lipinski definition) is 7. The number of rotatable bonds is 7. The van der Waals surface area contributed by atoms with E-state index < -0.39 is 5.78 Å². The summed E-state index contributed by atoms with van der Waals surface area (Å²) in [5, 5.41) is 13.2. The molecule has 0 spiro atoms. The Morgan fingerprint density at radius 1 is 1.04 bits per heavy atom. The highest BCUT2D eigenvalue weighted by Gasteiger charge is 2.20. The number of hydrogen-bond donors (Lipinski definition) is 1. The number of nitrogens with one attached hydrogen (secondary N) is 1. The first kappa shape index (κ1) is 18.8. The third-order valence-corrected chi connectivity index (χ3v) is 3.60. The topological polar surface area (TPSA) is 92.9 Å². The number of carbonyl (C=O) groups excluding carboxylic acids is 1. The lowest BCUT2D eigenvalue weighted by atomic mass is 10.1. The maximum atomic E-state index is 12.6. The molecule has 134 valence electrons. The van der Waals surface area contributed by atoms with Gasteiger partial charge in [-0.25, -0.2) is 0 Å². The van der Waals surface area contributed by atoms with E-state index in [1.165, 1.54) is 33.5 Å². The summed E-state index contributed by atoms with van der Waals surface area (Å²) in [6.07, 6.45) is 0. The standard InChI is InChI=1S/C19H19N3O4/c1-12-5-7-14(8-6-12)21-22-15(11-20)18(23)13-9-16(24-2)19(26-4)17(10-13)25-3/h5-10,21H,1-4H3/b22-15+. The minimum absolute atomic E-state index is 0.200. The summed E-state index contributed by atoms with van der Waals surface area (Å²) in [5.41, 5.74) is 4.38. The number of methoxy groups -OCH3 is 3. The smallest absolute Gasteiger partial charge is 0.224 e. The molecular weight excluding hydrogens is 334 g/mol. The first-order chi connectivity index (χ1) is 12.5. The van der Waals surface area contributed by atoms with Crippen molar-refractivity contribution in [2.45, 2.75) is 6.92 Å². The normalized spacial score (nSPS) is 10.7. The molecule has 0 radical (unpaired) electrons. The van der Waals surface area contributed by atoms with Crippen molar-refractivity contribution >= 4 is 17.2 Å². The fourth-order valence-electron chi connectivity index (χ4n) is 2.22. The molecule has 0 bridgehead atoms. The van der Waals surface area contributed by atoms with E-state index in [-0.39, 0.29) is 11.3 Å². The number of hydrazone groups is 1. The quantitative estimate of drug-likeness (QED) is 0.467. The van der Waals surface area contributed by atoms with Crippen molar-refractivity contribution in [2.24, 2.45) is 5.10 Å². The summed E-state index contributed by atoms with van der Waals surface area (Å²) < 4.78 is 15.7. The molecule has 0 unspecified atom stereocenters. The van der Waals surface area contributed by atoms with Gasteiger partial charge in [-0.05, 0) is 31.2 Å². The van der Waals surface area contributed by atoms with E-state index in [0.717, 1.165) is 5.56 Å². The maximum absolute atomic E-state index is 12.6. The Balaban J connectivity index is 2.34. The van der Waals surface area contributed by atoms with Crippen LogP contribution < -0.4 is 19.6 Å². The van der Waals surface area contributed by atoms with Crippen molar-refractivity contribution in [2.75, 3.05) is 26.8 Å². The van der Waals surface area contributed by atoms with Gasteiger partial charge in [-0.3, -0.25) is 10.2 Å². The van der Waals surface area contributed by atoms with Crippen molar-refractivity contribution in [1.29, 1.82) is 5.26 Å². The van der Waals surface area contributed by atoms with Gasteiger partial charge >= 0.3 is 0 Å². The van der Waals surface area contributed by atoms with Crippen LogP contribution in [0, 0.1) is 18.3 Å². The number of carbonyl (C=O) groups is 1. The second-order valence-corrected chi connectivity index (χ2v) is 5.29. The Morgan fingerprint density at radius 3 is 2.08 bits per heavy atom. The lowest BCUT2D eigenvalue weighted by Gasteiger charge is -2.13.